The van der Waals surface area contributed by atoms with Crippen LogP contribution in [0.2, 0.25) is 0 Å². The molecule has 0 radical (unpaired) electrons. The molecule has 0 heterocycles. The minimum Gasteiger partial charge on any atom is -0.508 e. The smallest absolute Gasteiger partial charge is 0.119 e. The predicted octanol–water partition coefficient (Wildman–Crippen LogP) is 2.39. The van der Waals surface area contributed by atoms with E-state index in [-0.39, 0.29) is 17.2 Å². The van der Waals surface area contributed by atoms with Gasteiger partial charge in [-0.3, -0.25) is 0 Å². The molecule has 0 aliphatic carbocycles. The van der Waals surface area contributed by atoms with Crippen LogP contribution >= 0.6 is 0 Å². The van der Waals surface area contributed by atoms with E-state index < -0.39 is 0 Å². The Balaban J connectivity index is 2.23. The summed E-state index contributed by atoms with van der Waals surface area (Å²) in [6.45, 7) is 0. The van der Waals surface area contributed by atoms with E-state index in [0.29, 0.717) is 6.42 Å². The van der Waals surface area contributed by atoms with Crippen LogP contribution in [0.1, 0.15) is 11.1 Å². The third kappa shape index (κ3) is 2.45. The molecule has 0 aliphatic heterocycles. The second-order valence-corrected chi connectivity index (χ2v) is 3.70. The number of rotatable bonds is 2. The summed E-state index contributed by atoms with van der Waals surface area (Å²) in [5.41, 5.74) is 1.82. The highest BCUT2D eigenvalue weighted by atomic mass is 16.3. The Bertz CT molecular complexity index is 469. The lowest BCUT2D eigenvalue weighted by atomic mass is 10.0. The molecule has 0 fully saturated rings. The zero-order valence-corrected chi connectivity index (χ0v) is 8.59. The number of phenols is 3. The molecule has 0 unspecified atom stereocenters. The van der Waals surface area contributed by atoms with Crippen molar-refractivity contribution < 1.29 is 15.3 Å². The molecule has 2 rings (SSSR count). The van der Waals surface area contributed by atoms with E-state index in [1.165, 1.54) is 6.07 Å². The molecule has 3 N–H and O–H groups in total. The first-order valence-corrected chi connectivity index (χ1v) is 4.93. The van der Waals surface area contributed by atoms with Crippen LogP contribution in [0.5, 0.6) is 17.2 Å². The van der Waals surface area contributed by atoms with Crippen LogP contribution in [0.15, 0.2) is 42.5 Å². The summed E-state index contributed by atoms with van der Waals surface area (Å²) >= 11 is 0. The third-order valence-corrected chi connectivity index (χ3v) is 2.31. The van der Waals surface area contributed by atoms with Gasteiger partial charge >= 0.3 is 0 Å². The predicted molar refractivity (Wildman–Crippen MR) is 60.7 cm³/mol. The lowest BCUT2D eigenvalue weighted by Gasteiger charge is -2.04. The van der Waals surface area contributed by atoms with Crippen molar-refractivity contribution in [1.82, 2.24) is 0 Å². The molecule has 0 aliphatic rings. The minimum atomic E-state index is 0.0498. The van der Waals surface area contributed by atoms with Gasteiger partial charge in [-0.05, 0) is 41.8 Å². The van der Waals surface area contributed by atoms with E-state index >= 15 is 0 Å². The van der Waals surface area contributed by atoms with Crippen LogP contribution in [-0.4, -0.2) is 15.3 Å². The lowest BCUT2D eigenvalue weighted by molar-refractivity contribution is 0.449. The second kappa shape index (κ2) is 4.14. The molecule has 0 aromatic heterocycles. The number of hydrogen-bond acceptors (Lipinski definition) is 3. The standard InChI is InChI=1S/C13H12O3/c14-11-3-1-9(2-4-11)5-10-6-12(15)8-13(16)7-10/h1-4,6-8,14-16H,5H2. The van der Waals surface area contributed by atoms with E-state index in [2.05, 4.69) is 0 Å². The molecule has 3 heteroatoms. The van der Waals surface area contributed by atoms with E-state index in [1.54, 1.807) is 36.4 Å². The van der Waals surface area contributed by atoms with Gasteiger partial charge in [-0.15, -0.1) is 0 Å². The quantitative estimate of drug-likeness (QED) is 0.722. The fraction of sp³-hybridized carbons (Fsp3) is 0.0769. The van der Waals surface area contributed by atoms with E-state index in [4.69, 9.17) is 5.11 Å². The number of hydrogen-bond donors (Lipinski definition) is 3. The molecule has 2 aromatic rings. The van der Waals surface area contributed by atoms with Crippen molar-refractivity contribution in [2.75, 3.05) is 0 Å². The molecule has 3 nitrogen and oxygen atoms in total. The van der Waals surface area contributed by atoms with Crippen LogP contribution in [0.3, 0.4) is 0 Å². The van der Waals surface area contributed by atoms with Crippen LogP contribution < -0.4 is 0 Å². The van der Waals surface area contributed by atoms with Crippen molar-refractivity contribution in [2.24, 2.45) is 0 Å². The Hall–Kier alpha value is -2.16. The van der Waals surface area contributed by atoms with Crippen molar-refractivity contribution >= 4 is 0 Å². The molecular weight excluding hydrogens is 204 g/mol. The lowest BCUT2D eigenvalue weighted by Crippen LogP contribution is -1.87. The monoisotopic (exact) mass is 216 g/mol. The highest BCUT2D eigenvalue weighted by Gasteiger charge is 2.01. The first kappa shape index (κ1) is 10.4. The summed E-state index contributed by atoms with van der Waals surface area (Å²) in [7, 11) is 0. The second-order valence-electron chi connectivity index (χ2n) is 3.70. The molecule has 0 amide bonds. The van der Waals surface area contributed by atoms with E-state index in [9.17, 15) is 10.2 Å². The summed E-state index contributed by atoms with van der Waals surface area (Å²) in [5, 5.41) is 27.8. The highest BCUT2D eigenvalue weighted by molar-refractivity contribution is 5.39. The summed E-state index contributed by atoms with van der Waals surface area (Å²) < 4.78 is 0. The van der Waals surface area contributed by atoms with Crippen molar-refractivity contribution in [3.05, 3.63) is 53.6 Å². The molecular formula is C13H12O3. The van der Waals surface area contributed by atoms with Crippen LogP contribution in [0.4, 0.5) is 0 Å². The van der Waals surface area contributed by atoms with Gasteiger partial charge in [-0.25, -0.2) is 0 Å². The summed E-state index contributed by atoms with van der Waals surface area (Å²) in [4.78, 5) is 0. The van der Waals surface area contributed by atoms with Gasteiger partial charge in [0.05, 0.1) is 0 Å². The van der Waals surface area contributed by atoms with Crippen molar-refractivity contribution in [3.63, 3.8) is 0 Å². The maximum absolute atomic E-state index is 9.32. The Kier molecular flexibility index (Phi) is 2.68. The van der Waals surface area contributed by atoms with Gasteiger partial charge in [0.2, 0.25) is 0 Å². The largest absolute Gasteiger partial charge is 0.508 e. The molecule has 0 spiro atoms. The number of benzene rings is 2. The van der Waals surface area contributed by atoms with Crippen LogP contribution in [0, 0.1) is 0 Å². The summed E-state index contributed by atoms with van der Waals surface area (Å²) in [6.07, 6.45) is 0.599. The molecule has 0 bridgehead atoms. The van der Waals surface area contributed by atoms with Crippen LogP contribution in [0.25, 0.3) is 0 Å². The molecule has 82 valence electrons. The molecule has 2 aromatic carbocycles. The average Bonchev–Trinajstić information content (AvgIpc) is 2.20. The maximum atomic E-state index is 9.32. The fourth-order valence-corrected chi connectivity index (χ4v) is 1.61. The Morgan fingerprint density at radius 3 is 1.75 bits per heavy atom. The SMILES string of the molecule is Oc1ccc(Cc2cc(O)cc(O)c2)cc1. The van der Waals surface area contributed by atoms with E-state index in [1.807, 2.05) is 0 Å². The van der Waals surface area contributed by atoms with Gasteiger partial charge in [-0.2, -0.15) is 0 Å². The van der Waals surface area contributed by atoms with Gasteiger partial charge < -0.3 is 15.3 Å². The van der Waals surface area contributed by atoms with Gasteiger partial charge in [0.25, 0.3) is 0 Å². The number of phenolic OH excluding ortho intramolecular Hbond substituents is 3. The third-order valence-electron chi connectivity index (χ3n) is 2.31. The average molecular weight is 216 g/mol. The Morgan fingerprint density at radius 1 is 0.625 bits per heavy atom. The number of aromatic hydroxyl groups is 3. The van der Waals surface area contributed by atoms with Crippen molar-refractivity contribution in [1.29, 1.82) is 0 Å². The zero-order valence-electron chi connectivity index (χ0n) is 8.59. The fourth-order valence-electron chi connectivity index (χ4n) is 1.61. The Morgan fingerprint density at radius 2 is 1.19 bits per heavy atom. The topological polar surface area (TPSA) is 60.7 Å². The summed E-state index contributed by atoms with van der Waals surface area (Å²) in [5.74, 6) is 0.324. The minimum absolute atomic E-state index is 0.0498. The highest BCUT2D eigenvalue weighted by Crippen LogP contribution is 2.22. The van der Waals surface area contributed by atoms with Crippen LogP contribution in [-0.2, 0) is 6.42 Å². The van der Waals surface area contributed by atoms with Gasteiger partial charge in [0.1, 0.15) is 17.2 Å². The van der Waals surface area contributed by atoms with Crippen molar-refractivity contribution in [3.8, 4) is 17.2 Å². The van der Waals surface area contributed by atoms with E-state index in [0.717, 1.165) is 11.1 Å². The molecule has 16 heavy (non-hydrogen) atoms. The molecule has 0 saturated heterocycles. The summed E-state index contributed by atoms with van der Waals surface area (Å²) in [6, 6.07) is 11.3. The molecule has 0 atom stereocenters. The first-order valence-electron chi connectivity index (χ1n) is 4.93. The van der Waals surface area contributed by atoms with Crippen molar-refractivity contribution in [2.45, 2.75) is 6.42 Å². The van der Waals surface area contributed by atoms with Gasteiger partial charge in [0.15, 0.2) is 0 Å². The maximum Gasteiger partial charge on any atom is 0.119 e. The zero-order chi connectivity index (χ0) is 11.5. The van der Waals surface area contributed by atoms with Gasteiger partial charge in [-0.1, -0.05) is 12.1 Å². The normalized spacial score (nSPS) is 10.2. The Labute approximate surface area is 93.2 Å². The molecule has 0 saturated carbocycles. The van der Waals surface area contributed by atoms with Gasteiger partial charge in [0, 0.05) is 6.07 Å². The first-order chi connectivity index (χ1) is 7.63.